The Morgan fingerprint density at radius 3 is 1.38 bits per heavy atom. The molecule has 0 amide bonds. The van der Waals surface area contributed by atoms with Crippen molar-refractivity contribution >= 4 is 176 Å². The zero-order valence-electron chi connectivity index (χ0n) is 32.8. The number of hydrogen-bond donors (Lipinski definition) is 3. The molecule has 0 aliphatic heterocycles. The van der Waals surface area contributed by atoms with Gasteiger partial charge in [0.1, 0.15) is 0 Å². The second kappa shape index (κ2) is 19.8. The first-order valence-electron chi connectivity index (χ1n) is 19.4. The number of alkyl halides is 1. The van der Waals surface area contributed by atoms with Crippen molar-refractivity contribution in [1.29, 1.82) is 0 Å². The summed E-state index contributed by atoms with van der Waals surface area (Å²) in [5.41, 5.74) is 0.566. The Kier molecular flexibility index (Phi) is 13.9. The van der Waals surface area contributed by atoms with Crippen molar-refractivity contribution in [3.05, 3.63) is 174 Å². The first-order chi connectivity index (χ1) is 29.9. The predicted octanol–water partition coefficient (Wildman–Crippen LogP) is 15.5. The molecule has 0 atom stereocenters. The van der Waals surface area contributed by atoms with Crippen molar-refractivity contribution in [1.82, 2.24) is 0 Å². The number of benzene rings is 9. The van der Waals surface area contributed by atoms with Gasteiger partial charge in [-0.1, -0.05) is 169 Å². The molecule has 3 nitrogen and oxygen atoms in total. The summed E-state index contributed by atoms with van der Waals surface area (Å²) < 4.78 is 27.3. The number of fused-ring (bicyclic) bond motifs is 15. The van der Waals surface area contributed by atoms with Gasteiger partial charge in [0.25, 0.3) is 0 Å². The van der Waals surface area contributed by atoms with Crippen molar-refractivity contribution in [3.8, 4) is 0 Å². The maximum absolute atomic E-state index is 9.96. The minimum absolute atomic E-state index is 0. The summed E-state index contributed by atoms with van der Waals surface area (Å²) in [4.78, 5) is 0. The minimum atomic E-state index is -1.46. The Labute approximate surface area is 382 Å². The van der Waals surface area contributed by atoms with Crippen LogP contribution < -0.4 is 5.46 Å². The van der Waals surface area contributed by atoms with Crippen LogP contribution >= 0.6 is 62.8 Å². The number of thiol groups is 1. The van der Waals surface area contributed by atoms with E-state index in [1.165, 1.54) is 81.1 Å². The van der Waals surface area contributed by atoms with Crippen LogP contribution in [0, 0.1) is 0 Å². The van der Waals surface area contributed by atoms with Crippen LogP contribution in [0.5, 0.6) is 0 Å². The summed E-state index contributed by atoms with van der Waals surface area (Å²) in [5, 5.41) is 34.3. The molecular weight excluding hydrogens is 895 g/mol. The van der Waals surface area contributed by atoms with E-state index in [0.29, 0.717) is 5.46 Å². The van der Waals surface area contributed by atoms with Gasteiger partial charge in [0.2, 0.25) is 0 Å². The zero-order valence-corrected chi connectivity index (χ0v) is 36.7. The van der Waals surface area contributed by atoms with Crippen LogP contribution in [-0.4, -0.2) is 32.0 Å². The monoisotopic (exact) mass is 933 g/mol. The van der Waals surface area contributed by atoms with E-state index >= 15 is 0 Å². The fourth-order valence-corrected chi connectivity index (χ4v) is 12.0. The van der Waals surface area contributed by atoms with Crippen molar-refractivity contribution in [2.45, 2.75) is 7.43 Å². The van der Waals surface area contributed by atoms with Gasteiger partial charge in [-0.25, -0.2) is 0 Å². The quantitative estimate of drug-likeness (QED) is 0.113. The van der Waals surface area contributed by atoms with Crippen molar-refractivity contribution in [2.24, 2.45) is 4.30 Å². The average Bonchev–Trinajstić information content (AvgIpc) is 3.99. The van der Waals surface area contributed by atoms with E-state index in [9.17, 15) is 14.4 Å². The molecule has 3 heterocycles. The molecule has 0 unspecified atom stereocenters. The van der Waals surface area contributed by atoms with Gasteiger partial charge in [-0.05, 0) is 56.7 Å². The normalized spacial score (nSPS) is 10.9. The Morgan fingerprint density at radius 1 is 0.525 bits per heavy atom. The second-order valence-corrected chi connectivity index (χ2v) is 17.9. The van der Waals surface area contributed by atoms with Crippen LogP contribution in [0.2, 0.25) is 0 Å². The third kappa shape index (κ3) is 8.61. The molecule has 12 aromatic rings. The molecule has 0 bridgehead atoms. The summed E-state index contributed by atoms with van der Waals surface area (Å²) >= 11 is 12.4. The smallest absolute Gasteiger partial charge is 0.0433 e. The number of halogens is 2. The summed E-state index contributed by atoms with van der Waals surface area (Å²) in [6.07, 6.45) is 0. The Balaban J connectivity index is 0.000000131. The molecule has 61 heavy (non-hydrogen) atoms. The molecule has 0 fully saturated rings. The van der Waals surface area contributed by atoms with Gasteiger partial charge in [-0.3, -0.25) is 4.39 Å². The molecule has 3 aromatic heterocycles. The Morgan fingerprint density at radius 2 is 0.869 bits per heavy atom. The fraction of sp³-hybridized carbons (Fsp3) is 0.0400. The maximum Gasteiger partial charge on any atom is 0.0433 e. The van der Waals surface area contributed by atoms with Crippen LogP contribution in [0.25, 0.3) is 92.8 Å². The number of rotatable bonds is 1. The third-order valence-electron chi connectivity index (χ3n) is 10.3. The Hall–Kier alpha value is -4.97. The van der Waals surface area contributed by atoms with E-state index in [4.69, 9.17) is 1.37 Å². The molecule has 0 spiro atoms. The van der Waals surface area contributed by atoms with Crippen molar-refractivity contribution < 1.29 is 15.8 Å². The van der Waals surface area contributed by atoms with Gasteiger partial charge in [-0.15, -0.1) is 34.0 Å². The van der Waals surface area contributed by atoms with Gasteiger partial charge >= 0.3 is 31.9 Å². The van der Waals surface area contributed by atoms with E-state index < -0.39 is 14.3 Å². The molecule has 9 aromatic carbocycles. The van der Waals surface area contributed by atoms with E-state index in [0.717, 1.165) is 16.2 Å². The van der Waals surface area contributed by atoms with Crippen LogP contribution in [0.3, 0.4) is 0 Å². The van der Waals surface area contributed by atoms with Gasteiger partial charge in [0.05, 0.1) is 8.52 Å². The molecule has 0 saturated carbocycles. The molecule has 299 valence electrons. The van der Waals surface area contributed by atoms with Crippen LogP contribution in [0.1, 0.15) is 8.80 Å². The Bertz CT molecular complexity index is 3500. The zero-order chi connectivity index (χ0) is 42.5. The SMILES string of the molecule is Brc1cc2c3ccccc3sc2c2ccccc12.C.OB(O)c1cc2c3ccccc3sc2c2ccccc12.[2H]CF.[B]=NS.c1ccc2c(c1)ccc1c3ccccc3sc21. The molecular formula is C50H38B2BrFNO2S4. The van der Waals surface area contributed by atoms with E-state index in [-0.39, 0.29) is 7.43 Å². The summed E-state index contributed by atoms with van der Waals surface area (Å²) in [5.74, 6) is 0. The van der Waals surface area contributed by atoms with Crippen LogP contribution in [0.15, 0.2) is 179 Å². The second-order valence-electron chi connectivity index (χ2n) is 13.6. The molecule has 0 aliphatic rings. The largest absolute Gasteiger partial charge is 0.135 e. The summed E-state index contributed by atoms with van der Waals surface area (Å²) in [7, 11) is 1.88. The van der Waals surface area contributed by atoms with Gasteiger partial charge in [0.15, 0.2) is 0 Å². The average molecular weight is 935 g/mol. The van der Waals surface area contributed by atoms with Crippen LogP contribution in [0.4, 0.5) is 4.39 Å². The first kappa shape index (κ1) is 42.7. The van der Waals surface area contributed by atoms with E-state index in [1.54, 1.807) is 11.3 Å². The predicted molar refractivity (Wildman–Crippen MR) is 279 cm³/mol. The van der Waals surface area contributed by atoms with Gasteiger partial charge in [-0.2, -0.15) is 0 Å². The molecule has 11 heteroatoms. The van der Waals surface area contributed by atoms with Gasteiger partial charge < -0.3 is 10.0 Å². The minimum Gasteiger partial charge on any atom is -0.135 e. The van der Waals surface area contributed by atoms with E-state index in [1.807, 2.05) is 65.1 Å². The van der Waals surface area contributed by atoms with Crippen LogP contribution in [-0.2, 0) is 0 Å². The number of nitrogens with zero attached hydrogens (tertiary/aromatic N) is 1. The maximum atomic E-state index is 9.96. The molecule has 0 aliphatic carbocycles. The fourth-order valence-electron chi connectivity index (χ4n) is 7.74. The third-order valence-corrected chi connectivity index (χ3v) is 14.6. The summed E-state index contributed by atoms with van der Waals surface area (Å²) in [6, 6.07) is 59.2. The van der Waals surface area contributed by atoms with Crippen molar-refractivity contribution in [3.63, 3.8) is 0 Å². The molecule has 0 saturated heterocycles. The standard InChI is InChI=1S/C16H11BO2S.C16H9BrS.C16H10S.CH3F.CH4.BHNS/c18-17(19)14-9-13-11-6-3-4-8-15(11)20-16(13)12-7-2-1-5-10(12)14;17-14-9-13-11-6-3-4-8-15(11)18-16(13)12-7-2-1-5-10(12)14;1-2-6-12-11(5-1)9-10-14-13-7-3-4-8-15(13)17-16(12)14;1-2;;1-2-3/h1-9,18-19H;1-9H;1-10H;1H3;1H4;3H/i;;;1D;;. The molecule has 12 rings (SSSR count). The van der Waals surface area contributed by atoms with Crippen molar-refractivity contribution in [2.75, 3.05) is 7.15 Å². The first-order valence-corrected chi connectivity index (χ1v) is 22.4. The van der Waals surface area contributed by atoms with Gasteiger partial charge in [0, 0.05) is 70.4 Å². The van der Waals surface area contributed by atoms with E-state index in [2.05, 4.69) is 168 Å². The number of hydrogen-bond acceptors (Lipinski definition) is 7. The summed E-state index contributed by atoms with van der Waals surface area (Å²) in [6.45, 7) is 0. The molecule has 2 N–H and O–H groups in total. The molecule has 1 radical (unpaired) electrons. The number of thiophene rings is 3. The topological polar surface area (TPSA) is 52.8 Å².